The number of fused-ring (bicyclic) bond motifs is 10. The van der Waals surface area contributed by atoms with Gasteiger partial charge in [0.1, 0.15) is 0 Å². The van der Waals surface area contributed by atoms with E-state index in [2.05, 4.69) is 155 Å². The predicted octanol–water partition coefficient (Wildman–Crippen LogP) is 11.1. The van der Waals surface area contributed by atoms with Gasteiger partial charge in [-0.15, -0.1) is 0 Å². The van der Waals surface area contributed by atoms with Gasteiger partial charge in [-0.3, -0.25) is 0 Å². The lowest BCUT2D eigenvalue weighted by Crippen LogP contribution is -2.03. The molecule has 0 aliphatic heterocycles. The Morgan fingerprint density at radius 3 is 1.77 bits per heavy atom. The Morgan fingerprint density at radius 1 is 0.409 bits per heavy atom. The molecule has 1 aliphatic rings. The Kier molecular flexibility index (Phi) is 4.86. The van der Waals surface area contributed by atoms with Crippen molar-refractivity contribution in [1.29, 1.82) is 0 Å². The number of allylic oxidation sites excluding steroid dienone is 1. The van der Waals surface area contributed by atoms with Crippen LogP contribution in [0.2, 0.25) is 0 Å². The highest BCUT2D eigenvalue weighted by Gasteiger charge is 2.20. The van der Waals surface area contributed by atoms with Crippen molar-refractivity contribution >= 4 is 71.1 Å². The summed E-state index contributed by atoms with van der Waals surface area (Å²) in [5, 5.41) is 11.6. The number of hydrogen-bond donors (Lipinski definition) is 0. The third-order valence-corrected chi connectivity index (χ3v) is 9.74. The molecule has 0 amide bonds. The van der Waals surface area contributed by atoms with Gasteiger partial charge in [-0.2, -0.15) is 0 Å². The van der Waals surface area contributed by atoms with Crippen LogP contribution in [0, 0.1) is 0 Å². The molecule has 2 aromatic heterocycles. The number of rotatable bonds is 2. The number of hydrogen-bond acceptors (Lipinski definition) is 0. The van der Waals surface area contributed by atoms with Gasteiger partial charge in [0.15, 0.2) is 0 Å². The maximum atomic E-state index is 2.52. The average Bonchev–Trinajstić information content (AvgIpc) is 3.60. The Morgan fingerprint density at radius 2 is 1.00 bits per heavy atom. The normalized spacial score (nSPS) is 13.2. The summed E-state index contributed by atoms with van der Waals surface area (Å²) < 4.78 is 4.95. The van der Waals surface area contributed by atoms with Crippen molar-refractivity contribution in [2.75, 3.05) is 0 Å². The van der Waals surface area contributed by atoms with Crippen molar-refractivity contribution in [2.45, 2.75) is 12.8 Å². The fourth-order valence-electron chi connectivity index (χ4n) is 7.85. The van der Waals surface area contributed by atoms with Crippen LogP contribution in [0.3, 0.4) is 0 Å². The highest BCUT2D eigenvalue weighted by molar-refractivity contribution is 6.16. The first-order valence-electron chi connectivity index (χ1n) is 15.5. The smallest absolute Gasteiger partial charge is 0.0541 e. The van der Waals surface area contributed by atoms with Crippen molar-refractivity contribution in [3.8, 4) is 11.4 Å². The van der Waals surface area contributed by atoms with Gasteiger partial charge < -0.3 is 9.13 Å². The molecule has 0 unspecified atom stereocenters. The van der Waals surface area contributed by atoms with Crippen molar-refractivity contribution in [2.24, 2.45) is 0 Å². The summed E-state index contributed by atoms with van der Waals surface area (Å²) in [5.74, 6) is 0. The molecule has 206 valence electrons. The van der Waals surface area contributed by atoms with Crippen LogP contribution < -0.4 is 0 Å². The van der Waals surface area contributed by atoms with E-state index in [0.717, 1.165) is 12.8 Å². The molecule has 0 atom stereocenters. The fourth-order valence-corrected chi connectivity index (χ4v) is 7.85. The van der Waals surface area contributed by atoms with Crippen LogP contribution in [0.5, 0.6) is 0 Å². The van der Waals surface area contributed by atoms with Crippen LogP contribution in [-0.4, -0.2) is 9.13 Å². The molecule has 44 heavy (non-hydrogen) atoms. The predicted molar refractivity (Wildman–Crippen MR) is 187 cm³/mol. The summed E-state index contributed by atoms with van der Waals surface area (Å²) in [6, 6.07) is 49.4. The van der Waals surface area contributed by atoms with E-state index in [4.69, 9.17) is 0 Å². The molecule has 7 aromatic carbocycles. The molecule has 0 spiro atoms. The molecule has 0 fully saturated rings. The van der Waals surface area contributed by atoms with Gasteiger partial charge >= 0.3 is 0 Å². The zero-order valence-corrected chi connectivity index (χ0v) is 24.2. The summed E-state index contributed by atoms with van der Waals surface area (Å²) in [7, 11) is 0. The van der Waals surface area contributed by atoms with Gasteiger partial charge in [-0.25, -0.2) is 0 Å². The van der Waals surface area contributed by atoms with Crippen molar-refractivity contribution in [3.05, 3.63) is 151 Å². The molecule has 0 radical (unpaired) electrons. The molecule has 10 rings (SSSR count). The molecule has 0 N–H and O–H groups in total. The molecular weight excluding hydrogens is 532 g/mol. The number of nitrogens with zero attached hydrogens (tertiary/aromatic N) is 2. The van der Waals surface area contributed by atoms with Gasteiger partial charge in [0.05, 0.1) is 27.9 Å². The lowest BCUT2D eigenvalue weighted by molar-refractivity contribution is 0.892. The zero-order valence-electron chi connectivity index (χ0n) is 24.2. The molecule has 2 heterocycles. The molecule has 1 aliphatic carbocycles. The van der Waals surface area contributed by atoms with Crippen LogP contribution in [0.15, 0.2) is 140 Å². The quantitative estimate of drug-likeness (QED) is 0.147. The van der Waals surface area contributed by atoms with Gasteiger partial charge in [0.2, 0.25) is 0 Å². The SMILES string of the molecule is C1=Cc2c(n(-c3cccc4c3ccc3cc5c(-n6c7ccccc7c7ccccc76)cccc5cc34)c3ccccc23)CC1. The molecule has 2 nitrogen and oxygen atoms in total. The Labute approximate surface area is 254 Å². The lowest BCUT2D eigenvalue weighted by Gasteiger charge is -2.17. The van der Waals surface area contributed by atoms with Crippen LogP contribution >= 0.6 is 0 Å². The van der Waals surface area contributed by atoms with Gasteiger partial charge in [-0.05, 0) is 76.9 Å². The molecular formula is C42H28N2. The third kappa shape index (κ3) is 3.20. The first-order chi connectivity index (χ1) is 21.8. The lowest BCUT2D eigenvalue weighted by atomic mass is 9.96. The topological polar surface area (TPSA) is 9.86 Å². The molecule has 0 saturated heterocycles. The highest BCUT2D eigenvalue weighted by atomic mass is 15.0. The summed E-state index contributed by atoms with van der Waals surface area (Å²) in [6.07, 6.45) is 6.77. The number of para-hydroxylation sites is 3. The van der Waals surface area contributed by atoms with Crippen LogP contribution in [0.1, 0.15) is 17.7 Å². The Balaban J connectivity index is 1.25. The maximum absolute atomic E-state index is 2.52. The summed E-state index contributed by atoms with van der Waals surface area (Å²) in [5.41, 5.74) is 9.02. The van der Waals surface area contributed by atoms with E-state index >= 15 is 0 Å². The van der Waals surface area contributed by atoms with Crippen LogP contribution in [0.4, 0.5) is 0 Å². The minimum atomic E-state index is 1.06. The van der Waals surface area contributed by atoms with E-state index in [1.54, 1.807) is 0 Å². The molecule has 0 saturated carbocycles. The summed E-state index contributed by atoms with van der Waals surface area (Å²) >= 11 is 0. The first-order valence-corrected chi connectivity index (χ1v) is 15.5. The minimum absolute atomic E-state index is 1.06. The minimum Gasteiger partial charge on any atom is -0.312 e. The summed E-state index contributed by atoms with van der Waals surface area (Å²) in [4.78, 5) is 0. The van der Waals surface area contributed by atoms with E-state index in [-0.39, 0.29) is 0 Å². The van der Waals surface area contributed by atoms with Gasteiger partial charge in [0.25, 0.3) is 0 Å². The molecule has 9 aromatic rings. The third-order valence-electron chi connectivity index (χ3n) is 9.74. The van der Waals surface area contributed by atoms with Crippen molar-refractivity contribution in [1.82, 2.24) is 9.13 Å². The van der Waals surface area contributed by atoms with Gasteiger partial charge in [0, 0.05) is 38.2 Å². The largest absolute Gasteiger partial charge is 0.312 e. The van der Waals surface area contributed by atoms with E-state index in [1.807, 2.05) is 0 Å². The van der Waals surface area contributed by atoms with Crippen LogP contribution in [0.25, 0.3) is 82.5 Å². The molecule has 0 bridgehead atoms. The summed E-state index contributed by atoms with van der Waals surface area (Å²) in [6.45, 7) is 0. The maximum Gasteiger partial charge on any atom is 0.0541 e. The first kappa shape index (κ1) is 23.9. The Hall–Kier alpha value is -5.60. The fraction of sp³-hybridized carbons (Fsp3) is 0.0476. The monoisotopic (exact) mass is 560 g/mol. The van der Waals surface area contributed by atoms with Crippen LogP contribution in [-0.2, 0) is 6.42 Å². The highest BCUT2D eigenvalue weighted by Crippen LogP contribution is 2.40. The van der Waals surface area contributed by atoms with Gasteiger partial charge in [-0.1, -0.05) is 103 Å². The second-order valence-corrected chi connectivity index (χ2v) is 12.0. The number of benzene rings is 7. The van der Waals surface area contributed by atoms with Crippen molar-refractivity contribution < 1.29 is 0 Å². The van der Waals surface area contributed by atoms with E-state index < -0.39 is 0 Å². The second-order valence-electron chi connectivity index (χ2n) is 12.0. The molecule has 2 heteroatoms. The second kappa shape index (κ2) is 8.95. The van der Waals surface area contributed by atoms with E-state index in [0.29, 0.717) is 0 Å². The zero-order chi connectivity index (χ0) is 28.8. The standard InChI is InChI=1S/C42H28N2/c1-5-17-37-30(12-1)31-13-2-6-18-38(31)43(37)41-22-10-16-29-34(41)24-23-28-26-36-27(25-35(28)29)11-9-21-42(36)44-39-19-7-3-14-32(39)33-15-4-8-20-40(33)44/h1-5,7-17,19-26H,6,18H2. The number of aromatic nitrogens is 2. The average molecular weight is 561 g/mol. The van der Waals surface area contributed by atoms with E-state index in [1.165, 1.54) is 87.7 Å². The Bertz CT molecular complexity index is 2610. The van der Waals surface area contributed by atoms with E-state index in [9.17, 15) is 0 Å². The van der Waals surface area contributed by atoms with Crippen molar-refractivity contribution in [3.63, 3.8) is 0 Å².